The summed E-state index contributed by atoms with van der Waals surface area (Å²) in [6.45, 7) is 8.90. The maximum Gasteiger partial charge on any atom is 0.0459 e. The molecule has 1 aliphatic carbocycles. The second kappa shape index (κ2) is 7.02. The average Bonchev–Trinajstić information content (AvgIpc) is 3.00. The van der Waals surface area contributed by atoms with Crippen LogP contribution in [0, 0.1) is 0 Å². The fourth-order valence-electron chi connectivity index (χ4n) is 4.24. The zero-order valence-corrected chi connectivity index (χ0v) is 14.7. The first-order chi connectivity index (χ1) is 11.8. The summed E-state index contributed by atoms with van der Waals surface area (Å²) in [5.74, 6) is 0. The van der Waals surface area contributed by atoms with Crippen molar-refractivity contribution in [1.29, 1.82) is 0 Å². The Hall–Kier alpha value is -1.74. The number of aryl methyl sites for hydroxylation is 2. The lowest BCUT2D eigenvalue weighted by atomic mass is 9.95. The molecule has 2 aliphatic rings. The van der Waals surface area contributed by atoms with E-state index >= 15 is 0 Å². The van der Waals surface area contributed by atoms with Crippen molar-refractivity contribution in [2.24, 2.45) is 0 Å². The molecule has 2 aromatic rings. The lowest BCUT2D eigenvalue weighted by Crippen LogP contribution is -2.35. The Labute approximate surface area is 145 Å². The monoisotopic (exact) mass is 323 g/mol. The summed E-state index contributed by atoms with van der Waals surface area (Å²) in [6.07, 6.45) is 9.17. The van der Waals surface area contributed by atoms with Crippen LogP contribution < -0.4 is 5.32 Å². The highest BCUT2D eigenvalue weighted by Gasteiger charge is 2.16. The molecule has 2 heterocycles. The van der Waals surface area contributed by atoms with Gasteiger partial charge in [-0.1, -0.05) is 19.1 Å². The van der Waals surface area contributed by atoms with Crippen molar-refractivity contribution in [3.8, 4) is 0 Å². The molecule has 3 nitrogen and oxygen atoms in total. The fourth-order valence-corrected chi connectivity index (χ4v) is 4.24. The first-order valence-electron chi connectivity index (χ1n) is 9.60. The molecular formula is C21H29N3. The van der Waals surface area contributed by atoms with E-state index in [1.54, 1.807) is 5.56 Å². The smallest absolute Gasteiger partial charge is 0.0459 e. The largest absolute Gasteiger partial charge is 0.384 e. The molecule has 1 saturated heterocycles. The Morgan fingerprint density at radius 1 is 1.08 bits per heavy atom. The minimum atomic E-state index is 0.988. The molecule has 0 spiro atoms. The summed E-state index contributed by atoms with van der Waals surface area (Å²) in [7, 11) is 0. The molecule has 1 fully saturated rings. The summed E-state index contributed by atoms with van der Waals surface area (Å²) >= 11 is 0. The fraction of sp³-hybridized carbons (Fsp3) is 0.524. The second-order valence-corrected chi connectivity index (χ2v) is 7.36. The maximum atomic E-state index is 4.27. The van der Waals surface area contributed by atoms with Gasteiger partial charge in [0.1, 0.15) is 0 Å². The highest BCUT2D eigenvalue weighted by atomic mass is 15.1. The van der Waals surface area contributed by atoms with Crippen molar-refractivity contribution in [3.63, 3.8) is 0 Å². The summed E-state index contributed by atoms with van der Waals surface area (Å²) in [6, 6.07) is 6.74. The number of fused-ring (bicyclic) bond motifs is 3. The van der Waals surface area contributed by atoms with Crippen LogP contribution in [0.3, 0.4) is 0 Å². The molecule has 0 bridgehead atoms. The molecule has 2 N–H and O–H groups in total. The van der Waals surface area contributed by atoms with E-state index in [1.165, 1.54) is 80.2 Å². The Morgan fingerprint density at radius 2 is 1.92 bits per heavy atom. The van der Waals surface area contributed by atoms with E-state index in [1.807, 2.05) is 0 Å². The van der Waals surface area contributed by atoms with Crippen LogP contribution in [0.5, 0.6) is 0 Å². The van der Waals surface area contributed by atoms with Crippen molar-refractivity contribution < 1.29 is 0 Å². The number of benzene rings is 1. The van der Waals surface area contributed by atoms with Gasteiger partial charge in [0.05, 0.1) is 0 Å². The summed E-state index contributed by atoms with van der Waals surface area (Å²) in [5, 5.41) is 4.94. The number of aromatic nitrogens is 1. The van der Waals surface area contributed by atoms with Crippen LogP contribution in [0.4, 0.5) is 0 Å². The van der Waals surface area contributed by atoms with E-state index in [2.05, 4.69) is 40.0 Å². The normalized spacial score (nSPS) is 18.5. The van der Waals surface area contributed by atoms with Crippen molar-refractivity contribution in [3.05, 3.63) is 41.6 Å². The Bertz CT molecular complexity index is 722. The number of hydrogen-bond acceptors (Lipinski definition) is 2. The van der Waals surface area contributed by atoms with E-state index in [-0.39, 0.29) is 0 Å². The topological polar surface area (TPSA) is 31.1 Å². The van der Waals surface area contributed by atoms with Crippen molar-refractivity contribution in [2.75, 3.05) is 26.2 Å². The molecular weight excluding hydrogens is 294 g/mol. The predicted molar refractivity (Wildman–Crippen MR) is 102 cm³/mol. The Balaban J connectivity index is 1.42. The van der Waals surface area contributed by atoms with Crippen LogP contribution in [0.25, 0.3) is 16.6 Å². The first-order valence-corrected chi connectivity index (χ1v) is 9.60. The van der Waals surface area contributed by atoms with E-state index in [4.69, 9.17) is 0 Å². The standard InChI is InChI=1S/C21H29N3/c1-16(22-11-14-24-12-5-2-6-13-24)17-9-10-21-19(15-17)18-7-3-4-8-20(18)23-21/h9-10,15,22-23H,1-8,11-14H2. The molecule has 128 valence electrons. The second-order valence-electron chi connectivity index (χ2n) is 7.36. The molecule has 0 saturated carbocycles. The summed E-state index contributed by atoms with van der Waals surface area (Å²) in [4.78, 5) is 6.18. The number of nitrogens with zero attached hydrogens (tertiary/aromatic N) is 1. The highest BCUT2D eigenvalue weighted by molar-refractivity contribution is 5.88. The Kier molecular flexibility index (Phi) is 4.61. The van der Waals surface area contributed by atoms with Crippen LogP contribution in [0.1, 0.15) is 48.9 Å². The highest BCUT2D eigenvalue weighted by Crippen LogP contribution is 2.30. The van der Waals surface area contributed by atoms with Crippen molar-refractivity contribution in [1.82, 2.24) is 15.2 Å². The number of piperidine rings is 1. The Morgan fingerprint density at radius 3 is 2.79 bits per heavy atom. The molecule has 0 amide bonds. The third kappa shape index (κ3) is 3.23. The molecule has 1 aliphatic heterocycles. The summed E-state index contributed by atoms with van der Waals surface area (Å²) < 4.78 is 0. The van der Waals surface area contributed by atoms with Crippen LogP contribution in [-0.2, 0) is 12.8 Å². The molecule has 0 atom stereocenters. The van der Waals surface area contributed by atoms with E-state index < -0.39 is 0 Å². The molecule has 1 aromatic carbocycles. The summed E-state index contributed by atoms with van der Waals surface area (Å²) in [5.41, 5.74) is 6.57. The van der Waals surface area contributed by atoms with Crippen molar-refractivity contribution in [2.45, 2.75) is 44.9 Å². The zero-order valence-electron chi connectivity index (χ0n) is 14.7. The third-order valence-corrected chi connectivity index (χ3v) is 5.66. The zero-order chi connectivity index (χ0) is 16.4. The van der Waals surface area contributed by atoms with Gasteiger partial charge in [0.25, 0.3) is 0 Å². The number of aromatic amines is 1. The van der Waals surface area contributed by atoms with Gasteiger partial charge in [-0.25, -0.2) is 0 Å². The maximum absolute atomic E-state index is 4.27. The van der Waals surface area contributed by atoms with E-state index in [0.717, 1.165) is 18.8 Å². The van der Waals surface area contributed by atoms with Gasteiger partial charge in [-0.3, -0.25) is 0 Å². The lowest BCUT2D eigenvalue weighted by Gasteiger charge is -2.26. The number of H-pyrrole nitrogens is 1. The third-order valence-electron chi connectivity index (χ3n) is 5.66. The molecule has 3 heteroatoms. The quantitative estimate of drug-likeness (QED) is 0.868. The van der Waals surface area contributed by atoms with Crippen molar-refractivity contribution >= 4 is 16.6 Å². The van der Waals surface area contributed by atoms with Crippen LogP contribution >= 0.6 is 0 Å². The lowest BCUT2D eigenvalue weighted by molar-refractivity contribution is 0.232. The van der Waals surface area contributed by atoms with Gasteiger partial charge >= 0.3 is 0 Å². The van der Waals surface area contributed by atoms with Crippen LogP contribution in [0.15, 0.2) is 24.8 Å². The molecule has 0 radical (unpaired) electrons. The molecule has 24 heavy (non-hydrogen) atoms. The van der Waals surface area contributed by atoms with Gasteiger partial charge in [0, 0.05) is 35.4 Å². The number of nitrogens with one attached hydrogen (secondary N) is 2. The minimum absolute atomic E-state index is 0.988. The van der Waals surface area contributed by atoms with E-state index in [0.29, 0.717) is 0 Å². The SMILES string of the molecule is C=C(NCCN1CCCCC1)c1ccc2[nH]c3c(c2c1)CCCC3. The van der Waals surface area contributed by atoms with Crippen LogP contribution in [-0.4, -0.2) is 36.1 Å². The molecule has 4 rings (SSSR count). The van der Waals surface area contributed by atoms with Gasteiger partial charge < -0.3 is 15.2 Å². The first kappa shape index (κ1) is 15.8. The van der Waals surface area contributed by atoms with E-state index in [9.17, 15) is 0 Å². The average molecular weight is 323 g/mol. The number of rotatable bonds is 5. The number of likely N-dealkylation sites (tertiary alicyclic amines) is 1. The molecule has 1 aromatic heterocycles. The van der Waals surface area contributed by atoms with Gasteiger partial charge in [-0.2, -0.15) is 0 Å². The predicted octanol–water partition coefficient (Wildman–Crippen LogP) is 4.09. The van der Waals surface area contributed by atoms with Gasteiger partial charge in [0.15, 0.2) is 0 Å². The number of hydrogen-bond donors (Lipinski definition) is 2. The van der Waals surface area contributed by atoms with Gasteiger partial charge in [-0.05, 0) is 74.9 Å². The molecule has 0 unspecified atom stereocenters. The minimum Gasteiger partial charge on any atom is -0.384 e. The van der Waals surface area contributed by atoms with Crippen LogP contribution in [0.2, 0.25) is 0 Å². The van der Waals surface area contributed by atoms with Gasteiger partial charge in [0.2, 0.25) is 0 Å². The van der Waals surface area contributed by atoms with Gasteiger partial charge in [-0.15, -0.1) is 0 Å².